The number of rotatable bonds is 11. The van der Waals surface area contributed by atoms with Gasteiger partial charge < -0.3 is 58.0 Å². The van der Waals surface area contributed by atoms with E-state index < -0.39 is 10.4 Å². The van der Waals surface area contributed by atoms with Crippen molar-refractivity contribution in [3.05, 3.63) is 93.6 Å². The number of aryl methyl sites for hydroxylation is 1. The molecule has 0 saturated carbocycles. The molecular weight excluding hydrogens is 807 g/mol. The Kier molecular flexibility index (Phi) is 25.6. The lowest BCUT2D eigenvalue weighted by Gasteiger charge is -2.22. The summed E-state index contributed by atoms with van der Waals surface area (Å²) in [6, 6.07) is 18.0. The number of halogens is 3. The predicted octanol–water partition coefficient (Wildman–Crippen LogP) is 2.43. The van der Waals surface area contributed by atoms with Gasteiger partial charge in [0.25, 0.3) is 0 Å². The van der Waals surface area contributed by atoms with Gasteiger partial charge in [0.05, 0.1) is 49.2 Å². The van der Waals surface area contributed by atoms with Crippen molar-refractivity contribution in [3.8, 4) is 5.75 Å². The van der Waals surface area contributed by atoms with Crippen LogP contribution in [0, 0.1) is 6.92 Å². The molecule has 0 amide bonds. The van der Waals surface area contributed by atoms with Crippen LogP contribution in [-0.2, 0) is 15.2 Å². The summed E-state index contributed by atoms with van der Waals surface area (Å²) < 4.78 is 31.6. The van der Waals surface area contributed by atoms with Gasteiger partial charge in [-0.05, 0) is 80.1 Å². The highest BCUT2D eigenvalue weighted by Gasteiger charge is 2.21. The molecule has 0 aromatic heterocycles. The zero-order chi connectivity index (χ0) is 40.3. The zero-order valence-electron chi connectivity index (χ0n) is 30.0. The van der Waals surface area contributed by atoms with Crippen LogP contribution in [0.1, 0.15) is 12.5 Å². The Morgan fingerprint density at radius 2 is 1.13 bits per heavy atom. The lowest BCUT2D eigenvalue weighted by Crippen LogP contribution is -2.29. The molecule has 0 radical (unpaired) electrons. The van der Waals surface area contributed by atoms with Gasteiger partial charge in [-0.25, -0.2) is 4.99 Å². The number of hydrogen-bond donors (Lipinski definition) is 10. The fourth-order valence-electron chi connectivity index (χ4n) is 4.31. The molecule has 0 saturated heterocycles. The van der Waals surface area contributed by atoms with E-state index in [4.69, 9.17) is 78.4 Å². The summed E-state index contributed by atoms with van der Waals surface area (Å²) in [7, 11) is -4.67. The second kappa shape index (κ2) is 26.6. The standard InChI is InChI=1S/C17H20ClN3O3.C10H16N2O2.C7H8ClNO.ClH.H2O4S.H2O/c1-11-10-14(16(19)15(18)17(11)24)20-12-2-4-13(5-3-12)21(6-8-22)7-9-23;11-9-1-3-10(4-2-9)12(5-7-13)6-8-14;1-4-2-3-5(9)6(8)7(4)10;;1-5(2,3)4;/h2-5,10,22-23H,6-9,19H2,1H3;1-4,13-14H,5-8,11H2;2-3,10H,9H2,1H3;1H;(H2,1,2,3,4);1H2. The number of aliphatic hydroxyl groups excluding tert-OH is 4. The number of aliphatic hydroxyl groups is 4. The number of carbonyl (C=O) groups excluding carboxylic acids is 1. The molecule has 0 unspecified atom stereocenters. The number of anilines is 4. The van der Waals surface area contributed by atoms with Crippen LogP contribution in [0.2, 0.25) is 5.02 Å². The molecule has 21 heteroatoms. The number of benzene rings is 3. The highest BCUT2D eigenvalue weighted by atomic mass is 35.5. The summed E-state index contributed by atoms with van der Waals surface area (Å²) in [5, 5.41) is 45.2. The Morgan fingerprint density at radius 1 is 0.727 bits per heavy atom. The van der Waals surface area contributed by atoms with E-state index >= 15 is 0 Å². The van der Waals surface area contributed by atoms with Gasteiger partial charge in [0.15, 0.2) is 0 Å². The Bertz CT molecular complexity index is 1780. The summed E-state index contributed by atoms with van der Waals surface area (Å²) >= 11 is 11.5. The maximum atomic E-state index is 11.7. The van der Waals surface area contributed by atoms with Crippen LogP contribution in [0.5, 0.6) is 5.75 Å². The molecule has 4 rings (SSSR count). The summed E-state index contributed by atoms with van der Waals surface area (Å²) in [6.07, 6.45) is 1.61. The third-order valence-electron chi connectivity index (χ3n) is 6.97. The molecule has 0 fully saturated rings. The first kappa shape index (κ1) is 52.9. The maximum Gasteiger partial charge on any atom is 0.394 e. The number of Topliss-reactive ketones (excluding diaryl/α,β-unsaturated/α-hetero) is 1. The topological polar surface area (TPSA) is 321 Å². The zero-order valence-corrected chi connectivity index (χ0v) is 33.2. The molecule has 1 aliphatic rings. The van der Waals surface area contributed by atoms with Crippen molar-refractivity contribution in [1.29, 1.82) is 0 Å². The predicted molar refractivity (Wildman–Crippen MR) is 220 cm³/mol. The van der Waals surface area contributed by atoms with E-state index in [2.05, 4.69) is 4.99 Å². The molecule has 17 nitrogen and oxygen atoms in total. The van der Waals surface area contributed by atoms with E-state index in [9.17, 15) is 9.90 Å². The van der Waals surface area contributed by atoms with Crippen LogP contribution in [0.25, 0.3) is 0 Å². The van der Waals surface area contributed by atoms with Crippen molar-refractivity contribution < 1.29 is 53.3 Å². The molecule has 3 aromatic rings. The monoisotopic (exact) mass is 854 g/mol. The number of nitrogens with zero attached hydrogens (tertiary/aromatic N) is 3. The van der Waals surface area contributed by atoms with E-state index in [0.717, 1.165) is 16.9 Å². The van der Waals surface area contributed by atoms with Crippen LogP contribution in [0.3, 0.4) is 0 Å². The summed E-state index contributed by atoms with van der Waals surface area (Å²) in [6.45, 7) is 5.49. The van der Waals surface area contributed by atoms with Gasteiger partial charge in [-0.2, -0.15) is 8.42 Å². The SMILES string of the molecule is CC1=CC(=Nc2ccc(N(CCO)CCO)cc2)C(N)=C(Cl)C1=O.Cc1ccc(N)c(Cl)c1O.Cl.Nc1ccc(N(CCO)CCO)cc1.O.O=S(=O)(O)O. The number of carbonyl (C=O) groups is 1. The van der Waals surface area contributed by atoms with E-state index in [-0.39, 0.29) is 71.6 Å². The van der Waals surface area contributed by atoms with Crippen LogP contribution in [0.15, 0.2) is 88.0 Å². The van der Waals surface area contributed by atoms with Crippen LogP contribution >= 0.6 is 35.6 Å². The van der Waals surface area contributed by atoms with Crippen molar-refractivity contribution in [2.24, 2.45) is 10.7 Å². The average molecular weight is 856 g/mol. The molecule has 0 atom stereocenters. The average Bonchev–Trinajstić information content (AvgIpc) is 3.11. The lowest BCUT2D eigenvalue weighted by atomic mass is 10.0. The molecule has 55 heavy (non-hydrogen) atoms. The van der Waals surface area contributed by atoms with E-state index in [0.29, 0.717) is 54.5 Å². The highest BCUT2D eigenvalue weighted by molar-refractivity contribution is 7.79. The Labute approximate surface area is 335 Å². The number of phenols is 1. The summed E-state index contributed by atoms with van der Waals surface area (Å²) in [4.78, 5) is 19.9. The second-order valence-electron chi connectivity index (χ2n) is 10.9. The van der Waals surface area contributed by atoms with Gasteiger partial charge in [0, 0.05) is 48.8 Å². The number of nitrogens with two attached hydrogens (primary N) is 3. The van der Waals surface area contributed by atoms with E-state index in [1.165, 1.54) is 0 Å². The Balaban J connectivity index is 0. The lowest BCUT2D eigenvalue weighted by molar-refractivity contribution is -0.111. The summed E-state index contributed by atoms with van der Waals surface area (Å²) in [5.41, 5.74) is 22.3. The smallest absolute Gasteiger partial charge is 0.394 e. The largest absolute Gasteiger partial charge is 0.506 e. The first-order chi connectivity index (χ1) is 24.9. The van der Waals surface area contributed by atoms with Crippen molar-refractivity contribution in [2.45, 2.75) is 13.8 Å². The van der Waals surface area contributed by atoms with Gasteiger partial charge >= 0.3 is 10.4 Å². The number of allylic oxidation sites excluding steroid dienone is 3. The first-order valence-corrected chi connectivity index (χ1v) is 17.8. The van der Waals surface area contributed by atoms with Gasteiger partial charge in [-0.1, -0.05) is 29.3 Å². The number of aliphatic imine (C=N–C) groups is 1. The normalized spacial score (nSPS) is 12.7. The number of nitrogen functional groups attached to an aromatic ring is 2. The molecule has 0 spiro atoms. The van der Waals surface area contributed by atoms with Crippen molar-refractivity contribution in [2.75, 3.05) is 73.9 Å². The van der Waals surface area contributed by atoms with E-state index in [1.807, 2.05) is 34.1 Å². The van der Waals surface area contributed by atoms with Crippen LogP contribution < -0.4 is 27.0 Å². The second-order valence-corrected chi connectivity index (χ2v) is 12.6. The summed E-state index contributed by atoms with van der Waals surface area (Å²) in [5.74, 6) is -0.214. The molecule has 0 aliphatic heterocycles. The maximum absolute atomic E-state index is 11.7. The minimum Gasteiger partial charge on any atom is -0.506 e. The minimum atomic E-state index is -4.67. The minimum absolute atomic E-state index is 0. The van der Waals surface area contributed by atoms with Crippen molar-refractivity contribution in [1.82, 2.24) is 0 Å². The number of ketones is 1. The molecule has 3 aromatic carbocycles. The van der Waals surface area contributed by atoms with Gasteiger partial charge in [-0.3, -0.25) is 13.9 Å². The van der Waals surface area contributed by atoms with Crippen LogP contribution in [0.4, 0.5) is 28.4 Å². The third-order valence-corrected chi connectivity index (χ3v) is 7.75. The molecule has 308 valence electrons. The first-order valence-electron chi connectivity index (χ1n) is 15.7. The third kappa shape index (κ3) is 19.3. The van der Waals surface area contributed by atoms with Crippen LogP contribution in [-0.4, -0.2) is 113 Å². The molecule has 15 N–H and O–H groups in total. The molecule has 0 bridgehead atoms. The van der Waals surface area contributed by atoms with Gasteiger partial charge in [0.2, 0.25) is 5.78 Å². The van der Waals surface area contributed by atoms with Crippen molar-refractivity contribution in [3.63, 3.8) is 0 Å². The fraction of sp³-hybridized carbons (Fsp3) is 0.294. The molecule has 1 aliphatic carbocycles. The van der Waals surface area contributed by atoms with Gasteiger partial charge in [0.1, 0.15) is 15.8 Å². The van der Waals surface area contributed by atoms with Gasteiger partial charge in [-0.15, -0.1) is 12.4 Å². The highest BCUT2D eigenvalue weighted by Crippen LogP contribution is 2.31. The fourth-order valence-corrected chi connectivity index (χ4v) is 4.77. The van der Waals surface area contributed by atoms with Crippen molar-refractivity contribution >= 4 is 85.9 Å². The quantitative estimate of drug-likeness (QED) is 0.0752. The number of phenolic OH excluding ortho intramolecular Hbond substituents is 1. The molecule has 0 heterocycles. The Hall–Kier alpha value is -4.18. The van der Waals surface area contributed by atoms with E-state index in [1.54, 1.807) is 56.3 Å². The number of aromatic hydroxyl groups is 1. The molecular formula is C34H49Cl3N6O11S. The number of hydrogen-bond acceptors (Lipinski definition) is 14. The Morgan fingerprint density at radius 3 is 1.51 bits per heavy atom.